The Morgan fingerprint density at radius 1 is 1.26 bits per heavy atom. The van der Waals surface area contributed by atoms with Crippen LogP contribution in [0.15, 0.2) is 12.4 Å². The normalized spacial score (nSPS) is 21.7. The van der Waals surface area contributed by atoms with Crippen LogP contribution in [0.25, 0.3) is 0 Å². The molecule has 6 nitrogen and oxygen atoms in total. The average molecular weight is 320 g/mol. The molecule has 2 N–H and O–H groups in total. The fourth-order valence-corrected chi connectivity index (χ4v) is 2.74. The molecule has 0 aromatic carbocycles. The Morgan fingerprint density at radius 3 is 2.65 bits per heavy atom. The van der Waals surface area contributed by atoms with Crippen LogP contribution in [-0.2, 0) is 11.3 Å². The molecule has 0 saturated heterocycles. The van der Waals surface area contributed by atoms with Crippen molar-refractivity contribution in [2.24, 2.45) is 0 Å². The van der Waals surface area contributed by atoms with Gasteiger partial charge >= 0.3 is 6.09 Å². The van der Waals surface area contributed by atoms with Crippen molar-refractivity contribution < 1.29 is 9.53 Å². The molecular weight excluding hydrogens is 292 g/mol. The third-order valence-corrected chi connectivity index (χ3v) is 3.80. The number of aromatic nitrogens is 2. The number of nitrogens with zero attached hydrogens (tertiary/aromatic N) is 2. The van der Waals surface area contributed by atoms with E-state index in [-0.39, 0.29) is 12.1 Å². The zero-order chi connectivity index (χ0) is 16.9. The summed E-state index contributed by atoms with van der Waals surface area (Å²) in [5, 5.41) is 6.50. The lowest BCUT2D eigenvalue weighted by Gasteiger charge is -2.31. The highest BCUT2D eigenvalue weighted by Crippen LogP contribution is 2.19. The number of hydrogen-bond donors (Lipinski definition) is 2. The summed E-state index contributed by atoms with van der Waals surface area (Å²) in [6.07, 6.45) is 7.39. The van der Waals surface area contributed by atoms with Crippen molar-refractivity contribution in [1.29, 1.82) is 0 Å². The quantitative estimate of drug-likeness (QED) is 0.892. The zero-order valence-electron chi connectivity index (χ0n) is 14.6. The third-order valence-electron chi connectivity index (χ3n) is 3.80. The topological polar surface area (TPSA) is 76.1 Å². The van der Waals surface area contributed by atoms with Gasteiger partial charge in [0.1, 0.15) is 5.60 Å². The Labute approximate surface area is 138 Å². The van der Waals surface area contributed by atoms with E-state index >= 15 is 0 Å². The van der Waals surface area contributed by atoms with Gasteiger partial charge in [0.2, 0.25) is 0 Å². The summed E-state index contributed by atoms with van der Waals surface area (Å²) in [6, 6.07) is 0.548. The van der Waals surface area contributed by atoms with E-state index in [1.54, 1.807) is 6.20 Å². The lowest BCUT2D eigenvalue weighted by atomic mass is 9.91. The number of amides is 1. The van der Waals surface area contributed by atoms with Gasteiger partial charge in [0, 0.05) is 31.0 Å². The SMILES string of the molecule is Cc1cnc(CNC2CCCC(NC(=O)OC(C)(C)C)C2)cn1. The molecule has 1 aliphatic carbocycles. The number of aryl methyl sites for hydroxylation is 1. The number of carbonyl (C=O) groups excluding carboxylic acids is 1. The van der Waals surface area contributed by atoms with Crippen molar-refractivity contribution in [3.63, 3.8) is 0 Å². The highest BCUT2D eigenvalue weighted by atomic mass is 16.6. The molecule has 2 rings (SSSR count). The first-order chi connectivity index (χ1) is 10.8. The second-order valence-electron chi connectivity index (χ2n) is 7.24. The van der Waals surface area contributed by atoms with Gasteiger partial charge in [0.05, 0.1) is 11.4 Å². The molecule has 1 aliphatic rings. The predicted molar refractivity (Wildman–Crippen MR) is 89.0 cm³/mol. The molecule has 23 heavy (non-hydrogen) atoms. The van der Waals surface area contributed by atoms with Gasteiger partial charge < -0.3 is 15.4 Å². The van der Waals surface area contributed by atoms with E-state index in [1.807, 2.05) is 33.9 Å². The number of carbonyl (C=O) groups is 1. The molecule has 0 bridgehead atoms. The molecule has 0 spiro atoms. The van der Waals surface area contributed by atoms with E-state index < -0.39 is 5.60 Å². The van der Waals surface area contributed by atoms with E-state index in [0.717, 1.165) is 37.1 Å². The minimum Gasteiger partial charge on any atom is -0.444 e. The van der Waals surface area contributed by atoms with Gasteiger partial charge in [0.15, 0.2) is 0 Å². The monoisotopic (exact) mass is 320 g/mol. The van der Waals surface area contributed by atoms with Crippen LogP contribution < -0.4 is 10.6 Å². The maximum Gasteiger partial charge on any atom is 0.407 e. The molecule has 1 aromatic heterocycles. The van der Waals surface area contributed by atoms with Crippen molar-refractivity contribution in [2.75, 3.05) is 0 Å². The molecule has 2 atom stereocenters. The Hall–Kier alpha value is -1.69. The van der Waals surface area contributed by atoms with Crippen molar-refractivity contribution >= 4 is 6.09 Å². The minimum atomic E-state index is -0.458. The van der Waals surface area contributed by atoms with E-state index in [9.17, 15) is 4.79 Å². The fourth-order valence-electron chi connectivity index (χ4n) is 2.74. The van der Waals surface area contributed by atoms with Gasteiger partial charge in [-0.1, -0.05) is 0 Å². The summed E-state index contributed by atoms with van der Waals surface area (Å²) in [6.45, 7) is 8.26. The molecule has 1 fully saturated rings. The summed E-state index contributed by atoms with van der Waals surface area (Å²) < 4.78 is 5.33. The molecule has 1 amide bonds. The summed E-state index contributed by atoms with van der Waals surface area (Å²) in [7, 11) is 0. The van der Waals surface area contributed by atoms with E-state index in [1.165, 1.54) is 0 Å². The lowest BCUT2D eigenvalue weighted by molar-refractivity contribution is 0.0488. The number of nitrogens with one attached hydrogen (secondary N) is 2. The lowest BCUT2D eigenvalue weighted by Crippen LogP contribution is -2.45. The van der Waals surface area contributed by atoms with Crippen LogP contribution in [0.2, 0.25) is 0 Å². The largest absolute Gasteiger partial charge is 0.444 e. The first kappa shape index (κ1) is 17.7. The summed E-state index contributed by atoms with van der Waals surface area (Å²) >= 11 is 0. The first-order valence-corrected chi connectivity index (χ1v) is 8.32. The Morgan fingerprint density at radius 2 is 2.00 bits per heavy atom. The molecule has 0 aliphatic heterocycles. The van der Waals surface area contributed by atoms with E-state index in [4.69, 9.17) is 4.74 Å². The van der Waals surface area contributed by atoms with Crippen molar-refractivity contribution in [3.05, 3.63) is 23.8 Å². The molecule has 2 unspecified atom stereocenters. The second kappa shape index (κ2) is 7.73. The van der Waals surface area contributed by atoms with Crippen LogP contribution >= 0.6 is 0 Å². The van der Waals surface area contributed by atoms with Crippen LogP contribution in [0.3, 0.4) is 0 Å². The van der Waals surface area contributed by atoms with Crippen LogP contribution in [0.1, 0.15) is 57.8 Å². The maximum absolute atomic E-state index is 11.9. The molecular formula is C17H28N4O2. The molecule has 1 saturated carbocycles. The van der Waals surface area contributed by atoms with Gasteiger partial charge in [-0.05, 0) is 53.4 Å². The Kier molecular flexibility index (Phi) is 5.93. The Bertz CT molecular complexity index is 510. The van der Waals surface area contributed by atoms with Crippen LogP contribution in [-0.4, -0.2) is 33.7 Å². The Balaban J connectivity index is 1.76. The van der Waals surface area contributed by atoms with Crippen LogP contribution in [0, 0.1) is 6.92 Å². The van der Waals surface area contributed by atoms with Crippen LogP contribution in [0.5, 0.6) is 0 Å². The van der Waals surface area contributed by atoms with Gasteiger partial charge in [-0.15, -0.1) is 0 Å². The number of rotatable bonds is 4. The van der Waals surface area contributed by atoms with Gasteiger partial charge in [-0.25, -0.2) is 4.79 Å². The van der Waals surface area contributed by atoms with E-state index in [0.29, 0.717) is 12.6 Å². The van der Waals surface area contributed by atoms with Crippen molar-refractivity contribution in [2.45, 2.75) is 77.6 Å². The van der Waals surface area contributed by atoms with Gasteiger partial charge in [-0.3, -0.25) is 9.97 Å². The predicted octanol–water partition coefficient (Wildman–Crippen LogP) is 2.71. The smallest absolute Gasteiger partial charge is 0.407 e. The third kappa shape index (κ3) is 6.52. The minimum absolute atomic E-state index is 0.167. The highest BCUT2D eigenvalue weighted by Gasteiger charge is 2.25. The molecule has 6 heteroatoms. The summed E-state index contributed by atoms with van der Waals surface area (Å²) in [4.78, 5) is 20.5. The van der Waals surface area contributed by atoms with Crippen LogP contribution in [0.4, 0.5) is 4.79 Å². The first-order valence-electron chi connectivity index (χ1n) is 8.32. The molecule has 0 radical (unpaired) electrons. The molecule has 128 valence electrons. The highest BCUT2D eigenvalue weighted by molar-refractivity contribution is 5.68. The second-order valence-corrected chi connectivity index (χ2v) is 7.24. The number of hydrogen-bond acceptors (Lipinski definition) is 5. The summed E-state index contributed by atoms with van der Waals surface area (Å²) in [5.74, 6) is 0. The van der Waals surface area contributed by atoms with Crippen molar-refractivity contribution in [3.8, 4) is 0 Å². The standard InChI is InChI=1S/C17H28N4O2/c1-12-9-19-15(10-18-12)11-20-13-6-5-7-14(8-13)21-16(22)23-17(2,3)4/h9-10,13-14,20H,5-8,11H2,1-4H3,(H,21,22). The zero-order valence-corrected chi connectivity index (χ0v) is 14.6. The maximum atomic E-state index is 11.9. The molecule has 1 aromatic rings. The van der Waals surface area contributed by atoms with Gasteiger partial charge in [-0.2, -0.15) is 0 Å². The number of alkyl carbamates (subject to hydrolysis) is 1. The summed E-state index contributed by atoms with van der Waals surface area (Å²) in [5.41, 5.74) is 1.41. The fraction of sp³-hybridized carbons (Fsp3) is 0.706. The average Bonchev–Trinajstić information content (AvgIpc) is 2.45. The van der Waals surface area contributed by atoms with Crippen molar-refractivity contribution in [1.82, 2.24) is 20.6 Å². The number of ether oxygens (including phenoxy) is 1. The van der Waals surface area contributed by atoms with E-state index in [2.05, 4.69) is 20.6 Å². The molecule has 1 heterocycles. The van der Waals surface area contributed by atoms with Gasteiger partial charge in [0.25, 0.3) is 0 Å².